The molecule has 124 valence electrons. The second-order valence-electron chi connectivity index (χ2n) is 5.82. The highest BCUT2D eigenvalue weighted by Gasteiger charge is 2.40. The molecule has 0 radical (unpaired) electrons. The van der Waals surface area contributed by atoms with Gasteiger partial charge in [-0.3, -0.25) is 4.98 Å². The van der Waals surface area contributed by atoms with Gasteiger partial charge in [-0.2, -0.15) is 0 Å². The van der Waals surface area contributed by atoms with Crippen LogP contribution in [0.5, 0.6) is 0 Å². The first-order chi connectivity index (χ1) is 11.5. The molecule has 0 bridgehead atoms. The quantitative estimate of drug-likeness (QED) is 0.771. The van der Waals surface area contributed by atoms with Crippen molar-refractivity contribution in [1.82, 2.24) is 15.0 Å². The molecule has 1 fully saturated rings. The summed E-state index contributed by atoms with van der Waals surface area (Å²) >= 11 is 1.42. The number of alkyl halides is 2. The molecule has 3 aromatic heterocycles. The fourth-order valence-electron chi connectivity index (χ4n) is 2.92. The summed E-state index contributed by atoms with van der Waals surface area (Å²) in [5.41, 5.74) is 0.582. The van der Waals surface area contributed by atoms with Crippen LogP contribution >= 0.6 is 11.3 Å². The van der Waals surface area contributed by atoms with E-state index in [2.05, 4.69) is 15.0 Å². The summed E-state index contributed by atoms with van der Waals surface area (Å²) in [6.45, 7) is -0.340. The molecule has 1 unspecified atom stereocenters. The molecule has 24 heavy (non-hydrogen) atoms. The van der Waals surface area contributed by atoms with Crippen LogP contribution < -0.4 is 4.90 Å². The standard InChI is InChI=1S/C16H14F2N4OS/c17-16(18)7-10(23)8-22(9-16)14-11-4-6-24-15(11)21-13(20-14)12-3-1-2-5-19-12/h1-6,10,23H,7-9H2. The molecule has 0 aliphatic carbocycles. The highest BCUT2D eigenvalue weighted by atomic mass is 32.1. The van der Waals surface area contributed by atoms with E-state index in [0.717, 1.165) is 0 Å². The molecule has 1 atom stereocenters. The fraction of sp³-hybridized carbons (Fsp3) is 0.312. The molecular formula is C16H14F2N4OS. The lowest BCUT2D eigenvalue weighted by Crippen LogP contribution is -2.49. The van der Waals surface area contributed by atoms with E-state index in [4.69, 9.17) is 0 Å². The lowest BCUT2D eigenvalue weighted by Gasteiger charge is -2.36. The zero-order valence-corrected chi connectivity index (χ0v) is 13.4. The first kappa shape index (κ1) is 15.3. The van der Waals surface area contributed by atoms with Crippen molar-refractivity contribution in [2.45, 2.75) is 18.4 Å². The van der Waals surface area contributed by atoms with Gasteiger partial charge in [0.15, 0.2) is 5.82 Å². The molecule has 8 heteroatoms. The number of hydrogen-bond donors (Lipinski definition) is 1. The maximum absolute atomic E-state index is 13.9. The van der Waals surface area contributed by atoms with E-state index in [9.17, 15) is 13.9 Å². The maximum atomic E-state index is 13.9. The van der Waals surface area contributed by atoms with E-state index in [1.165, 1.54) is 16.2 Å². The number of piperidine rings is 1. The van der Waals surface area contributed by atoms with E-state index >= 15 is 0 Å². The highest BCUT2D eigenvalue weighted by molar-refractivity contribution is 7.16. The van der Waals surface area contributed by atoms with Gasteiger partial charge in [0.05, 0.1) is 18.0 Å². The van der Waals surface area contributed by atoms with Crippen molar-refractivity contribution < 1.29 is 13.9 Å². The lowest BCUT2D eigenvalue weighted by atomic mass is 10.0. The van der Waals surface area contributed by atoms with Gasteiger partial charge in [-0.1, -0.05) is 6.07 Å². The van der Waals surface area contributed by atoms with Crippen molar-refractivity contribution >= 4 is 27.4 Å². The largest absolute Gasteiger partial charge is 0.391 e. The van der Waals surface area contributed by atoms with Crippen LogP contribution in [0.1, 0.15) is 6.42 Å². The minimum absolute atomic E-state index is 0.124. The van der Waals surface area contributed by atoms with E-state index in [-0.39, 0.29) is 6.54 Å². The molecular weight excluding hydrogens is 334 g/mol. The van der Waals surface area contributed by atoms with Crippen LogP contribution in [0, 0.1) is 0 Å². The number of fused-ring (bicyclic) bond motifs is 1. The van der Waals surface area contributed by atoms with Gasteiger partial charge in [0, 0.05) is 19.2 Å². The summed E-state index contributed by atoms with van der Waals surface area (Å²) in [5, 5.41) is 12.4. The van der Waals surface area contributed by atoms with Gasteiger partial charge in [-0.25, -0.2) is 18.7 Å². The molecule has 0 amide bonds. The average molecular weight is 348 g/mol. The van der Waals surface area contributed by atoms with Gasteiger partial charge in [-0.05, 0) is 23.6 Å². The number of thiophene rings is 1. The van der Waals surface area contributed by atoms with Crippen molar-refractivity contribution in [3.63, 3.8) is 0 Å². The first-order valence-electron chi connectivity index (χ1n) is 7.49. The average Bonchev–Trinajstić information content (AvgIpc) is 3.01. The molecule has 3 aromatic rings. The summed E-state index contributed by atoms with van der Waals surface area (Å²) < 4.78 is 27.8. The number of aliphatic hydroxyl groups excluding tert-OH is 1. The van der Waals surface area contributed by atoms with Crippen LogP contribution in [-0.4, -0.2) is 45.2 Å². The number of aromatic nitrogens is 3. The van der Waals surface area contributed by atoms with Gasteiger partial charge in [0.1, 0.15) is 16.3 Å². The predicted octanol–water partition coefficient (Wildman–Crippen LogP) is 2.96. The Labute approximate surface area is 140 Å². The highest BCUT2D eigenvalue weighted by Crippen LogP contribution is 2.35. The van der Waals surface area contributed by atoms with Gasteiger partial charge in [-0.15, -0.1) is 11.3 Å². The molecule has 1 N–H and O–H groups in total. The Kier molecular flexibility index (Phi) is 3.65. The molecule has 1 saturated heterocycles. The number of halogens is 2. The predicted molar refractivity (Wildman–Crippen MR) is 88.4 cm³/mol. The first-order valence-corrected chi connectivity index (χ1v) is 8.37. The fourth-order valence-corrected chi connectivity index (χ4v) is 3.68. The van der Waals surface area contributed by atoms with Crippen LogP contribution in [0.2, 0.25) is 0 Å². The van der Waals surface area contributed by atoms with Crippen molar-refractivity contribution in [3.8, 4) is 11.5 Å². The van der Waals surface area contributed by atoms with E-state index in [0.29, 0.717) is 27.6 Å². The Morgan fingerprint density at radius 3 is 2.88 bits per heavy atom. The topological polar surface area (TPSA) is 62.1 Å². The van der Waals surface area contributed by atoms with Gasteiger partial charge in [0.25, 0.3) is 5.92 Å². The van der Waals surface area contributed by atoms with Crippen LogP contribution in [-0.2, 0) is 0 Å². The molecule has 1 aliphatic rings. The maximum Gasteiger partial charge on any atom is 0.267 e. The second-order valence-corrected chi connectivity index (χ2v) is 6.71. The van der Waals surface area contributed by atoms with Gasteiger partial charge < -0.3 is 10.0 Å². The number of hydrogen-bond acceptors (Lipinski definition) is 6. The molecule has 4 heterocycles. The van der Waals surface area contributed by atoms with Gasteiger partial charge in [0.2, 0.25) is 0 Å². The SMILES string of the molecule is OC1CN(c2nc(-c3ccccn3)nc3sccc23)CC(F)(F)C1. The molecule has 1 aliphatic heterocycles. The van der Waals surface area contributed by atoms with Crippen molar-refractivity contribution in [2.75, 3.05) is 18.0 Å². The summed E-state index contributed by atoms with van der Waals surface area (Å²) in [7, 11) is 0. The third-order valence-electron chi connectivity index (χ3n) is 3.89. The number of anilines is 1. The number of aliphatic hydroxyl groups is 1. The lowest BCUT2D eigenvalue weighted by molar-refractivity contribution is -0.0530. The zero-order valence-electron chi connectivity index (χ0n) is 12.6. The summed E-state index contributed by atoms with van der Waals surface area (Å²) in [6, 6.07) is 7.20. The van der Waals surface area contributed by atoms with E-state index in [1.54, 1.807) is 18.3 Å². The third-order valence-corrected chi connectivity index (χ3v) is 4.69. The van der Waals surface area contributed by atoms with Gasteiger partial charge >= 0.3 is 0 Å². The number of pyridine rings is 1. The molecule has 5 nitrogen and oxygen atoms in total. The normalized spacial score (nSPS) is 20.5. The smallest absolute Gasteiger partial charge is 0.267 e. The summed E-state index contributed by atoms with van der Waals surface area (Å²) in [5.74, 6) is -2.14. The molecule has 4 rings (SSSR count). The molecule has 0 saturated carbocycles. The number of β-amino-alcohol motifs (C(OH)–C–C–N with tert-alkyl or cyclic N) is 1. The van der Waals surface area contributed by atoms with E-state index in [1.807, 2.05) is 17.5 Å². The van der Waals surface area contributed by atoms with Crippen LogP contribution in [0.25, 0.3) is 21.7 Å². The number of rotatable bonds is 2. The van der Waals surface area contributed by atoms with Crippen molar-refractivity contribution in [3.05, 3.63) is 35.8 Å². The van der Waals surface area contributed by atoms with E-state index < -0.39 is 25.0 Å². The zero-order chi connectivity index (χ0) is 16.7. The molecule has 0 aromatic carbocycles. The third kappa shape index (κ3) is 2.83. The van der Waals surface area contributed by atoms with Crippen molar-refractivity contribution in [2.24, 2.45) is 0 Å². The Morgan fingerprint density at radius 1 is 1.25 bits per heavy atom. The second kappa shape index (κ2) is 5.71. The minimum Gasteiger partial charge on any atom is -0.391 e. The van der Waals surface area contributed by atoms with Crippen molar-refractivity contribution in [1.29, 1.82) is 0 Å². The summed E-state index contributed by atoms with van der Waals surface area (Å²) in [6.07, 6.45) is 0.0280. The minimum atomic E-state index is -2.95. The molecule has 0 spiro atoms. The Balaban J connectivity index is 1.84. The Hall–Kier alpha value is -2.19. The monoisotopic (exact) mass is 348 g/mol. The van der Waals surface area contributed by atoms with Crippen LogP contribution in [0.15, 0.2) is 35.8 Å². The Bertz CT molecular complexity index is 871. The number of nitrogens with zero attached hydrogens (tertiary/aromatic N) is 4. The van der Waals surface area contributed by atoms with Crippen LogP contribution in [0.3, 0.4) is 0 Å². The Morgan fingerprint density at radius 2 is 2.12 bits per heavy atom. The summed E-state index contributed by atoms with van der Waals surface area (Å²) in [4.78, 5) is 15.4. The van der Waals surface area contributed by atoms with Crippen LogP contribution in [0.4, 0.5) is 14.6 Å².